The fourth-order valence-corrected chi connectivity index (χ4v) is 3.42. The molecule has 2 N–H and O–H groups in total. The van der Waals surface area contributed by atoms with Crippen LogP contribution in [0.25, 0.3) is 0 Å². The van der Waals surface area contributed by atoms with Crippen LogP contribution in [0.1, 0.15) is 19.5 Å². The van der Waals surface area contributed by atoms with Gasteiger partial charge in [0.05, 0.1) is 10.7 Å². The highest BCUT2D eigenvalue weighted by Crippen LogP contribution is 2.32. The summed E-state index contributed by atoms with van der Waals surface area (Å²) in [7, 11) is 0. The second-order valence-corrected chi connectivity index (χ2v) is 6.55. The van der Waals surface area contributed by atoms with Crippen LogP contribution in [-0.2, 0) is 5.60 Å². The zero-order valence-corrected chi connectivity index (χ0v) is 12.1. The Kier molecular flexibility index (Phi) is 3.20. The summed E-state index contributed by atoms with van der Waals surface area (Å²) in [5.74, 6) is 2.38. The van der Waals surface area contributed by atoms with E-state index in [1.807, 2.05) is 12.1 Å². The molecule has 2 fully saturated rings. The molecular weight excluding hydrogens is 262 g/mol. The minimum absolute atomic E-state index is 0.525. The molecule has 3 rings (SSSR count). The van der Waals surface area contributed by atoms with Crippen molar-refractivity contribution >= 4 is 17.4 Å². The number of nitrogens with one attached hydrogen (secondary N) is 1. The van der Waals surface area contributed by atoms with Gasteiger partial charge in [-0.1, -0.05) is 11.6 Å². The fourth-order valence-electron chi connectivity index (χ4n) is 3.08. The monoisotopic (exact) mass is 281 g/mol. The predicted octanol–water partition coefficient (Wildman–Crippen LogP) is 1.62. The summed E-state index contributed by atoms with van der Waals surface area (Å²) in [5.41, 5.74) is -0.452. The summed E-state index contributed by atoms with van der Waals surface area (Å²) in [6.45, 7) is 7.72. The Hall–Kier alpha value is -0.840. The number of rotatable bonds is 2. The molecule has 0 saturated carbocycles. The van der Waals surface area contributed by atoms with E-state index in [0.717, 1.165) is 43.8 Å². The van der Waals surface area contributed by atoms with Crippen LogP contribution in [0.5, 0.6) is 0 Å². The van der Waals surface area contributed by atoms with E-state index >= 15 is 0 Å². The lowest BCUT2D eigenvalue weighted by Crippen LogP contribution is -2.27. The van der Waals surface area contributed by atoms with Gasteiger partial charge in [-0.2, -0.15) is 0 Å². The molecule has 1 aromatic heterocycles. The Morgan fingerprint density at radius 3 is 2.53 bits per heavy atom. The SMILES string of the molecule is CC(C)(O)c1nc(N2C[C@H]3CNC[C@H]3C2)ccc1Cl. The molecule has 2 saturated heterocycles. The predicted molar refractivity (Wildman–Crippen MR) is 76.6 cm³/mol. The van der Waals surface area contributed by atoms with Crippen LogP contribution < -0.4 is 10.2 Å². The Labute approximate surface area is 118 Å². The first-order valence-corrected chi connectivity index (χ1v) is 7.18. The number of aromatic nitrogens is 1. The van der Waals surface area contributed by atoms with Gasteiger partial charge in [-0.25, -0.2) is 4.98 Å². The molecule has 2 aliphatic rings. The average Bonchev–Trinajstić information content (AvgIpc) is 2.88. The maximum absolute atomic E-state index is 10.1. The molecule has 4 nitrogen and oxygen atoms in total. The molecule has 1 aromatic rings. The summed E-state index contributed by atoms with van der Waals surface area (Å²) in [4.78, 5) is 6.88. The molecule has 3 heterocycles. The van der Waals surface area contributed by atoms with Crippen molar-refractivity contribution in [2.24, 2.45) is 11.8 Å². The smallest absolute Gasteiger partial charge is 0.129 e. The summed E-state index contributed by atoms with van der Waals surface area (Å²) < 4.78 is 0. The molecular formula is C14H20ClN3O. The van der Waals surface area contributed by atoms with Crippen LogP contribution in [-0.4, -0.2) is 36.3 Å². The minimum Gasteiger partial charge on any atom is -0.384 e. The number of aliphatic hydroxyl groups is 1. The van der Waals surface area contributed by atoms with Crippen LogP contribution in [0, 0.1) is 11.8 Å². The molecule has 0 spiro atoms. The number of nitrogens with zero attached hydrogens (tertiary/aromatic N) is 2. The zero-order valence-electron chi connectivity index (χ0n) is 11.4. The molecule has 0 radical (unpaired) electrons. The quantitative estimate of drug-likeness (QED) is 0.865. The molecule has 0 unspecified atom stereocenters. The second kappa shape index (κ2) is 4.62. The molecule has 19 heavy (non-hydrogen) atoms. The average molecular weight is 282 g/mol. The minimum atomic E-state index is -1.01. The van der Waals surface area contributed by atoms with Crippen molar-refractivity contribution in [2.45, 2.75) is 19.4 Å². The van der Waals surface area contributed by atoms with E-state index in [4.69, 9.17) is 11.6 Å². The normalized spacial score (nSPS) is 26.8. The number of halogens is 1. The maximum atomic E-state index is 10.1. The highest BCUT2D eigenvalue weighted by Gasteiger charge is 2.37. The Morgan fingerprint density at radius 2 is 1.95 bits per heavy atom. The van der Waals surface area contributed by atoms with E-state index in [1.54, 1.807) is 13.8 Å². The van der Waals surface area contributed by atoms with Crippen LogP contribution in [0.15, 0.2) is 12.1 Å². The largest absolute Gasteiger partial charge is 0.384 e. The third-order valence-electron chi connectivity index (χ3n) is 4.12. The van der Waals surface area contributed by atoms with Crippen molar-refractivity contribution in [1.82, 2.24) is 10.3 Å². The van der Waals surface area contributed by atoms with Gasteiger partial charge in [0.15, 0.2) is 0 Å². The highest BCUT2D eigenvalue weighted by molar-refractivity contribution is 6.31. The first kappa shape index (κ1) is 13.2. The van der Waals surface area contributed by atoms with Gasteiger partial charge in [-0.15, -0.1) is 0 Å². The lowest BCUT2D eigenvalue weighted by molar-refractivity contribution is 0.0741. The van der Waals surface area contributed by atoms with Crippen molar-refractivity contribution < 1.29 is 5.11 Å². The summed E-state index contributed by atoms with van der Waals surface area (Å²) in [5, 5.41) is 14.1. The van der Waals surface area contributed by atoms with Crippen molar-refractivity contribution in [3.05, 3.63) is 22.8 Å². The van der Waals surface area contributed by atoms with Gasteiger partial charge >= 0.3 is 0 Å². The fraction of sp³-hybridized carbons (Fsp3) is 0.643. The number of fused-ring (bicyclic) bond motifs is 1. The molecule has 5 heteroatoms. The first-order valence-electron chi connectivity index (χ1n) is 6.80. The van der Waals surface area contributed by atoms with E-state index in [1.165, 1.54) is 0 Å². The second-order valence-electron chi connectivity index (χ2n) is 6.14. The summed E-state index contributed by atoms with van der Waals surface area (Å²) >= 11 is 6.13. The van der Waals surface area contributed by atoms with Gasteiger partial charge in [0.25, 0.3) is 0 Å². The van der Waals surface area contributed by atoms with Crippen molar-refractivity contribution in [2.75, 3.05) is 31.1 Å². The van der Waals surface area contributed by atoms with E-state index in [2.05, 4.69) is 15.2 Å². The Bertz CT molecular complexity index is 474. The summed E-state index contributed by atoms with van der Waals surface area (Å²) in [6, 6.07) is 3.79. The van der Waals surface area contributed by atoms with Gasteiger partial charge in [0, 0.05) is 26.2 Å². The van der Waals surface area contributed by atoms with Crippen LogP contribution >= 0.6 is 11.6 Å². The zero-order chi connectivity index (χ0) is 13.6. The van der Waals surface area contributed by atoms with Crippen LogP contribution in [0.3, 0.4) is 0 Å². The van der Waals surface area contributed by atoms with Crippen LogP contribution in [0.4, 0.5) is 5.82 Å². The maximum Gasteiger partial charge on any atom is 0.129 e. The first-order chi connectivity index (χ1) is 8.95. The Morgan fingerprint density at radius 1 is 1.32 bits per heavy atom. The molecule has 0 aromatic carbocycles. The van der Waals surface area contributed by atoms with Gasteiger partial charge in [0.2, 0.25) is 0 Å². The van der Waals surface area contributed by atoms with E-state index in [0.29, 0.717) is 10.7 Å². The van der Waals surface area contributed by atoms with Gasteiger partial charge < -0.3 is 15.3 Å². The number of hydrogen-bond acceptors (Lipinski definition) is 4. The standard InChI is InChI=1S/C14H20ClN3O/c1-14(2,19)13-11(15)3-4-12(17-13)18-7-9-5-16-6-10(9)8-18/h3-4,9-10,16,19H,5-8H2,1-2H3/t9-,10+. The topological polar surface area (TPSA) is 48.4 Å². The third kappa shape index (κ3) is 2.45. The van der Waals surface area contributed by atoms with Crippen molar-refractivity contribution in [1.29, 1.82) is 0 Å². The molecule has 104 valence electrons. The van der Waals surface area contributed by atoms with E-state index in [9.17, 15) is 5.11 Å². The number of anilines is 1. The lowest BCUT2D eigenvalue weighted by Gasteiger charge is -2.23. The Balaban J connectivity index is 1.86. The number of pyridine rings is 1. The lowest BCUT2D eigenvalue weighted by atomic mass is 10.0. The molecule has 0 amide bonds. The van der Waals surface area contributed by atoms with Crippen molar-refractivity contribution in [3.8, 4) is 0 Å². The number of hydrogen-bond donors (Lipinski definition) is 2. The third-order valence-corrected chi connectivity index (χ3v) is 4.43. The van der Waals surface area contributed by atoms with Gasteiger partial charge in [0.1, 0.15) is 11.4 Å². The molecule has 0 aliphatic carbocycles. The van der Waals surface area contributed by atoms with Gasteiger partial charge in [-0.05, 0) is 37.8 Å². The van der Waals surface area contributed by atoms with Gasteiger partial charge in [-0.3, -0.25) is 0 Å². The molecule has 0 bridgehead atoms. The molecule has 2 aliphatic heterocycles. The summed E-state index contributed by atoms with van der Waals surface area (Å²) in [6.07, 6.45) is 0. The van der Waals surface area contributed by atoms with Crippen LogP contribution in [0.2, 0.25) is 5.02 Å². The van der Waals surface area contributed by atoms with E-state index < -0.39 is 5.60 Å². The highest BCUT2D eigenvalue weighted by atomic mass is 35.5. The molecule has 2 atom stereocenters. The van der Waals surface area contributed by atoms with Crippen molar-refractivity contribution in [3.63, 3.8) is 0 Å². The van der Waals surface area contributed by atoms with E-state index in [-0.39, 0.29) is 0 Å².